The second-order valence-corrected chi connectivity index (χ2v) is 4.24. The zero-order valence-corrected chi connectivity index (χ0v) is 10.8. The van der Waals surface area contributed by atoms with Gasteiger partial charge in [-0.25, -0.2) is 0 Å². The number of carbonyl (C=O) groups is 1. The fourth-order valence-corrected chi connectivity index (χ4v) is 1.64. The molecule has 0 spiro atoms. The van der Waals surface area contributed by atoms with Gasteiger partial charge in [0.1, 0.15) is 0 Å². The normalized spacial score (nSPS) is 11.0. The molecule has 0 radical (unpaired) electrons. The number of carbonyl (C=O) groups excluding carboxylic acids is 1. The summed E-state index contributed by atoms with van der Waals surface area (Å²) in [6.45, 7) is 2.83. The van der Waals surface area contributed by atoms with Gasteiger partial charge in [0.25, 0.3) is 0 Å². The molecule has 0 saturated heterocycles. The van der Waals surface area contributed by atoms with Crippen molar-refractivity contribution in [2.24, 2.45) is 0 Å². The van der Waals surface area contributed by atoms with Crippen LogP contribution >= 0.6 is 11.6 Å². The van der Waals surface area contributed by atoms with E-state index in [1.807, 2.05) is 23.9 Å². The van der Waals surface area contributed by atoms with Gasteiger partial charge in [-0.3, -0.25) is 9.48 Å². The van der Waals surface area contributed by atoms with Gasteiger partial charge in [0.05, 0.1) is 5.69 Å². The van der Waals surface area contributed by atoms with Crippen LogP contribution in [0.1, 0.15) is 23.0 Å². The van der Waals surface area contributed by atoms with Gasteiger partial charge in [0, 0.05) is 23.3 Å². The number of benzene rings is 1. The molecule has 0 atom stereocenters. The molecule has 0 amide bonds. The van der Waals surface area contributed by atoms with E-state index < -0.39 is 0 Å². The zero-order chi connectivity index (χ0) is 13.0. The van der Waals surface area contributed by atoms with Crippen LogP contribution in [-0.4, -0.2) is 15.6 Å². The van der Waals surface area contributed by atoms with Gasteiger partial charge in [-0.2, -0.15) is 5.10 Å². The maximum atomic E-state index is 11.8. The van der Waals surface area contributed by atoms with Gasteiger partial charge in [-0.15, -0.1) is 0 Å². The Labute approximate surface area is 111 Å². The molecule has 0 N–H and O–H groups in total. The van der Waals surface area contributed by atoms with Gasteiger partial charge in [-0.05, 0) is 49.4 Å². The highest BCUT2D eigenvalue weighted by Crippen LogP contribution is 2.11. The Balaban J connectivity index is 2.09. The van der Waals surface area contributed by atoms with Crippen LogP contribution < -0.4 is 0 Å². The molecule has 0 aliphatic carbocycles. The first kappa shape index (κ1) is 12.6. The summed E-state index contributed by atoms with van der Waals surface area (Å²) in [6.07, 6.45) is 5.11. The lowest BCUT2D eigenvalue weighted by atomic mass is 10.1. The Kier molecular flexibility index (Phi) is 3.95. The third-order valence-electron chi connectivity index (χ3n) is 2.52. The molecule has 0 bridgehead atoms. The summed E-state index contributed by atoms with van der Waals surface area (Å²) >= 11 is 5.77. The summed E-state index contributed by atoms with van der Waals surface area (Å²) in [5.41, 5.74) is 1.39. The summed E-state index contributed by atoms with van der Waals surface area (Å²) < 4.78 is 1.81. The third-order valence-corrected chi connectivity index (χ3v) is 2.77. The van der Waals surface area contributed by atoms with Gasteiger partial charge in [-0.1, -0.05) is 11.6 Å². The smallest absolute Gasteiger partial charge is 0.185 e. The van der Waals surface area contributed by atoms with E-state index in [-0.39, 0.29) is 5.78 Å². The lowest BCUT2D eigenvalue weighted by Gasteiger charge is -1.95. The van der Waals surface area contributed by atoms with Crippen LogP contribution in [0.5, 0.6) is 0 Å². The highest BCUT2D eigenvalue weighted by Gasteiger charge is 2.01. The Morgan fingerprint density at radius 3 is 2.67 bits per heavy atom. The molecule has 4 heteroatoms. The molecular formula is C14H13ClN2O. The summed E-state index contributed by atoms with van der Waals surface area (Å²) in [6, 6.07) is 8.69. The van der Waals surface area contributed by atoms with E-state index in [2.05, 4.69) is 5.10 Å². The van der Waals surface area contributed by atoms with Crippen LogP contribution in [-0.2, 0) is 6.54 Å². The van der Waals surface area contributed by atoms with E-state index in [1.54, 1.807) is 30.3 Å². The van der Waals surface area contributed by atoms with Crippen LogP contribution in [0, 0.1) is 0 Å². The molecule has 18 heavy (non-hydrogen) atoms. The lowest BCUT2D eigenvalue weighted by molar-refractivity contribution is 0.104. The first-order chi connectivity index (χ1) is 8.69. The molecule has 0 unspecified atom stereocenters. The van der Waals surface area contributed by atoms with Crippen molar-refractivity contribution in [2.75, 3.05) is 0 Å². The Morgan fingerprint density at radius 2 is 2.06 bits per heavy atom. The fraction of sp³-hybridized carbons (Fsp3) is 0.143. The summed E-state index contributed by atoms with van der Waals surface area (Å²) in [4.78, 5) is 11.8. The maximum Gasteiger partial charge on any atom is 0.185 e. The first-order valence-electron chi connectivity index (χ1n) is 5.70. The van der Waals surface area contributed by atoms with Gasteiger partial charge < -0.3 is 0 Å². The van der Waals surface area contributed by atoms with Crippen LogP contribution in [0.4, 0.5) is 0 Å². The van der Waals surface area contributed by atoms with Crippen molar-refractivity contribution in [3.05, 3.63) is 58.9 Å². The SMILES string of the molecule is CCn1ccc(/C=C/C(=O)c2ccc(Cl)cc2)n1. The van der Waals surface area contributed by atoms with Crippen molar-refractivity contribution in [1.82, 2.24) is 9.78 Å². The summed E-state index contributed by atoms with van der Waals surface area (Å²) in [7, 11) is 0. The van der Waals surface area contributed by atoms with E-state index >= 15 is 0 Å². The molecule has 0 fully saturated rings. The molecule has 1 aromatic heterocycles. The van der Waals surface area contributed by atoms with E-state index in [4.69, 9.17) is 11.6 Å². The Morgan fingerprint density at radius 1 is 1.33 bits per heavy atom. The van der Waals surface area contributed by atoms with E-state index in [9.17, 15) is 4.79 Å². The monoisotopic (exact) mass is 260 g/mol. The average Bonchev–Trinajstić information content (AvgIpc) is 2.85. The molecule has 0 saturated carbocycles. The number of hydrogen-bond donors (Lipinski definition) is 0. The van der Waals surface area contributed by atoms with Crippen LogP contribution in [0.15, 0.2) is 42.6 Å². The number of allylic oxidation sites excluding steroid dienone is 1. The predicted molar refractivity (Wildman–Crippen MR) is 72.7 cm³/mol. The van der Waals surface area contributed by atoms with E-state index in [1.165, 1.54) is 6.08 Å². The van der Waals surface area contributed by atoms with Crippen molar-refractivity contribution in [1.29, 1.82) is 0 Å². The minimum Gasteiger partial charge on any atom is -0.289 e. The number of nitrogens with zero attached hydrogens (tertiary/aromatic N) is 2. The zero-order valence-electron chi connectivity index (χ0n) is 10.0. The average molecular weight is 261 g/mol. The fourth-order valence-electron chi connectivity index (χ4n) is 1.51. The minimum absolute atomic E-state index is 0.0577. The second-order valence-electron chi connectivity index (χ2n) is 3.80. The number of aromatic nitrogens is 2. The van der Waals surface area contributed by atoms with Crippen LogP contribution in [0.3, 0.4) is 0 Å². The molecular weight excluding hydrogens is 248 g/mol. The van der Waals surface area contributed by atoms with Gasteiger partial charge in [0.2, 0.25) is 0 Å². The predicted octanol–water partition coefficient (Wildman–Crippen LogP) is 3.45. The molecule has 1 aromatic carbocycles. The number of halogens is 1. The summed E-state index contributed by atoms with van der Waals surface area (Å²) in [5, 5.41) is 4.89. The summed E-state index contributed by atoms with van der Waals surface area (Å²) in [5.74, 6) is -0.0577. The van der Waals surface area contributed by atoms with Crippen molar-refractivity contribution < 1.29 is 4.79 Å². The van der Waals surface area contributed by atoms with Crippen molar-refractivity contribution in [3.63, 3.8) is 0 Å². The molecule has 0 aliphatic heterocycles. The largest absolute Gasteiger partial charge is 0.289 e. The van der Waals surface area contributed by atoms with Crippen molar-refractivity contribution in [3.8, 4) is 0 Å². The van der Waals surface area contributed by atoms with Crippen molar-refractivity contribution >= 4 is 23.5 Å². The van der Waals surface area contributed by atoms with Gasteiger partial charge >= 0.3 is 0 Å². The number of hydrogen-bond acceptors (Lipinski definition) is 2. The Hall–Kier alpha value is -1.87. The lowest BCUT2D eigenvalue weighted by Crippen LogP contribution is -1.95. The first-order valence-corrected chi connectivity index (χ1v) is 6.08. The standard InChI is InChI=1S/C14H13ClN2O/c1-2-17-10-9-13(16-17)7-8-14(18)11-3-5-12(15)6-4-11/h3-10H,2H2,1H3/b8-7+. The van der Waals surface area contributed by atoms with Crippen LogP contribution in [0.25, 0.3) is 6.08 Å². The number of rotatable bonds is 4. The molecule has 92 valence electrons. The van der Waals surface area contributed by atoms with Crippen LogP contribution in [0.2, 0.25) is 5.02 Å². The third kappa shape index (κ3) is 3.08. The molecule has 0 aliphatic rings. The minimum atomic E-state index is -0.0577. The molecule has 1 heterocycles. The topological polar surface area (TPSA) is 34.9 Å². The molecule has 2 rings (SSSR count). The maximum absolute atomic E-state index is 11.8. The van der Waals surface area contributed by atoms with Crippen molar-refractivity contribution in [2.45, 2.75) is 13.5 Å². The highest BCUT2D eigenvalue weighted by molar-refractivity contribution is 6.30. The van der Waals surface area contributed by atoms with Gasteiger partial charge in [0.15, 0.2) is 5.78 Å². The van der Waals surface area contributed by atoms with E-state index in [0.29, 0.717) is 10.6 Å². The quantitative estimate of drug-likeness (QED) is 0.623. The number of ketones is 1. The highest BCUT2D eigenvalue weighted by atomic mass is 35.5. The molecule has 2 aromatic rings. The van der Waals surface area contributed by atoms with E-state index in [0.717, 1.165) is 12.2 Å². The second kappa shape index (κ2) is 5.65. The molecule has 3 nitrogen and oxygen atoms in total. The number of aryl methyl sites for hydroxylation is 1. The Bertz CT molecular complexity index is 570.